The van der Waals surface area contributed by atoms with Crippen molar-refractivity contribution < 1.29 is 31.1 Å². The lowest BCUT2D eigenvalue weighted by Crippen LogP contribution is -2.28. The van der Waals surface area contributed by atoms with Crippen LogP contribution in [0.4, 0.5) is 13.2 Å². The highest BCUT2D eigenvalue weighted by molar-refractivity contribution is 7.90. The van der Waals surface area contributed by atoms with Crippen molar-refractivity contribution in [2.75, 3.05) is 6.26 Å². The lowest BCUT2D eigenvalue weighted by Gasteiger charge is -2.12. The van der Waals surface area contributed by atoms with Gasteiger partial charge in [0.05, 0.1) is 16.8 Å². The van der Waals surface area contributed by atoms with Crippen molar-refractivity contribution in [3.8, 4) is 39.8 Å². The third-order valence-corrected chi connectivity index (χ3v) is 5.73. The monoisotopic (exact) mass is 488 g/mol. The number of hydrogen-bond donors (Lipinski definition) is 1. The summed E-state index contributed by atoms with van der Waals surface area (Å²) in [5, 5.41) is 0. The standard InChI is InChI=1S/C22H15F3N4O4S/c1-34(31,32)15-10-16(20(28-11-15)33-21(30)22(23,24)25)14-7-8-26-17(9-14)19-27-12-18(29-19)13-5-3-2-4-6-13/h2-12H,1H3,(H,27,29). The molecule has 0 atom stereocenters. The number of aromatic amines is 1. The number of hydrogen-bond acceptors (Lipinski definition) is 7. The largest absolute Gasteiger partial charge is 0.491 e. The van der Waals surface area contributed by atoms with Crippen molar-refractivity contribution in [3.63, 3.8) is 0 Å². The lowest BCUT2D eigenvalue weighted by molar-refractivity contribution is -0.189. The van der Waals surface area contributed by atoms with Gasteiger partial charge in [-0.2, -0.15) is 13.2 Å². The van der Waals surface area contributed by atoms with Crippen LogP contribution in [0.25, 0.3) is 33.9 Å². The Kier molecular flexibility index (Phi) is 5.92. The SMILES string of the molecule is CS(=O)(=O)c1cnc(OC(=O)C(F)(F)F)c(-c2ccnc(-c3ncc(-c4ccccc4)[nH]3)c2)c1. The molecule has 0 radical (unpaired) electrons. The van der Waals surface area contributed by atoms with Crippen LogP contribution in [0.5, 0.6) is 5.88 Å². The van der Waals surface area contributed by atoms with Crippen LogP contribution >= 0.6 is 0 Å². The molecule has 34 heavy (non-hydrogen) atoms. The minimum atomic E-state index is -5.26. The van der Waals surface area contributed by atoms with Gasteiger partial charge in [-0.3, -0.25) is 4.98 Å². The number of nitrogens with one attached hydrogen (secondary N) is 1. The number of carbonyl (C=O) groups excluding carboxylic acids is 1. The number of alkyl halides is 3. The van der Waals surface area contributed by atoms with E-state index >= 15 is 0 Å². The van der Waals surface area contributed by atoms with Crippen LogP contribution in [0.1, 0.15) is 0 Å². The van der Waals surface area contributed by atoms with E-state index < -0.39 is 27.9 Å². The molecule has 4 rings (SSSR count). The maximum Gasteiger partial charge on any atom is 0.491 e. The van der Waals surface area contributed by atoms with Crippen molar-refractivity contribution in [2.45, 2.75) is 11.1 Å². The molecule has 0 bridgehead atoms. The number of aromatic nitrogens is 4. The van der Waals surface area contributed by atoms with E-state index in [0.717, 1.165) is 24.1 Å². The summed E-state index contributed by atoms with van der Waals surface area (Å²) < 4.78 is 66.6. The molecule has 12 heteroatoms. The van der Waals surface area contributed by atoms with Crippen LogP contribution in [0.2, 0.25) is 0 Å². The highest BCUT2D eigenvalue weighted by Crippen LogP contribution is 2.33. The topological polar surface area (TPSA) is 115 Å². The number of rotatable bonds is 5. The average molecular weight is 488 g/mol. The van der Waals surface area contributed by atoms with E-state index in [4.69, 9.17) is 0 Å². The normalized spacial score (nSPS) is 11.9. The number of pyridine rings is 2. The second kappa shape index (κ2) is 8.71. The van der Waals surface area contributed by atoms with Gasteiger partial charge in [0, 0.05) is 24.2 Å². The molecule has 0 fully saturated rings. The molecule has 1 N–H and O–H groups in total. The van der Waals surface area contributed by atoms with Crippen LogP contribution in [0.3, 0.4) is 0 Å². The van der Waals surface area contributed by atoms with Crippen LogP contribution in [0, 0.1) is 0 Å². The summed E-state index contributed by atoms with van der Waals surface area (Å²) >= 11 is 0. The van der Waals surface area contributed by atoms with Gasteiger partial charge in [-0.15, -0.1) is 0 Å². The van der Waals surface area contributed by atoms with E-state index in [1.54, 1.807) is 6.20 Å². The molecule has 0 saturated carbocycles. The molecule has 1 aromatic carbocycles. The number of carbonyl (C=O) groups is 1. The molecule has 0 aliphatic carbocycles. The number of imidazole rings is 1. The van der Waals surface area contributed by atoms with Crippen LogP contribution < -0.4 is 4.74 Å². The fourth-order valence-electron chi connectivity index (χ4n) is 3.01. The summed E-state index contributed by atoms with van der Waals surface area (Å²) in [6, 6.07) is 13.3. The van der Waals surface area contributed by atoms with Crippen molar-refractivity contribution in [1.29, 1.82) is 0 Å². The Balaban J connectivity index is 1.78. The molecule has 0 amide bonds. The van der Waals surface area contributed by atoms with Gasteiger partial charge in [-0.1, -0.05) is 30.3 Å². The van der Waals surface area contributed by atoms with Gasteiger partial charge < -0.3 is 9.72 Å². The van der Waals surface area contributed by atoms with Gasteiger partial charge in [-0.05, 0) is 29.3 Å². The van der Waals surface area contributed by atoms with Crippen LogP contribution in [-0.2, 0) is 14.6 Å². The van der Waals surface area contributed by atoms with E-state index in [1.165, 1.54) is 18.3 Å². The van der Waals surface area contributed by atoms with Gasteiger partial charge in [0.1, 0.15) is 5.69 Å². The predicted octanol–water partition coefficient (Wildman–Crippen LogP) is 4.07. The Morgan fingerprint density at radius 3 is 2.38 bits per heavy atom. The Morgan fingerprint density at radius 1 is 0.971 bits per heavy atom. The smallest absolute Gasteiger partial charge is 0.400 e. The number of sulfone groups is 1. The Bertz CT molecular complexity index is 1470. The predicted molar refractivity (Wildman–Crippen MR) is 115 cm³/mol. The quantitative estimate of drug-likeness (QED) is 0.421. The molecule has 4 aromatic rings. The first-order valence-corrected chi connectivity index (χ1v) is 11.5. The first-order valence-electron chi connectivity index (χ1n) is 9.59. The molecule has 8 nitrogen and oxygen atoms in total. The number of ether oxygens (including phenoxy) is 1. The molecule has 174 valence electrons. The summed E-state index contributed by atoms with van der Waals surface area (Å²) in [5.74, 6) is -2.82. The number of benzene rings is 1. The van der Waals surface area contributed by atoms with E-state index in [1.807, 2.05) is 30.3 Å². The molecule has 0 unspecified atom stereocenters. The third-order valence-electron chi connectivity index (χ3n) is 4.65. The first kappa shape index (κ1) is 23.1. The number of H-pyrrole nitrogens is 1. The summed E-state index contributed by atoms with van der Waals surface area (Å²) in [5.41, 5.74) is 1.98. The number of halogens is 3. The van der Waals surface area contributed by atoms with E-state index in [0.29, 0.717) is 17.2 Å². The van der Waals surface area contributed by atoms with Crippen molar-refractivity contribution >= 4 is 15.8 Å². The summed E-state index contributed by atoms with van der Waals surface area (Å²) in [6.07, 6.45) is -0.571. The molecular formula is C22H15F3N4O4S. The minimum Gasteiger partial charge on any atom is -0.400 e. The Labute approximate surface area is 191 Å². The Morgan fingerprint density at radius 2 is 1.71 bits per heavy atom. The maximum absolute atomic E-state index is 12.7. The molecule has 3 aromatic heterocycles. The highest BCUT2D eigenvalue weighted by atomic mass is 32.2. The highest BCUT2D eigenvalue weighted by Gasteiger charge is 2.42. The second-order valence-electron chi connectivity index (χ2n) is 7.12. The molecule has 0 spiro atoms. The Hall–Kier alpha value is -4.06. The zero-order chi connectivity index (χ0) is 24.5. The summed E-state index contributed by atoms with van der Waals surface area (Å²) in [6.45, 7) is 0. The lowest BCUT2D eigenvalue weighted by atomic mass is 10.1. The first-order chi connectivity index (χ1) is 16.0. The maximum atomic E-state index is 12.7. The van der Waals surface area contributed by atoms with Gasteiger partial charge >= 0.3 is 12.1 Å². The summed E-state index contributed by atoms with van der Waals surface area (Å²) in [4.78, 5) is 26.4. The second-order valence-corrected chi connectivity index (χ2v) is 9.14. The zero-order valence-corrected chi connectivity index (χ0v) is 18.2. The van der Waals surface area contributed by atoms with Gasteiger partial charge in [0.2, 0.25) is 5.88 Å². The minimum absolute atomic E-state index is 0.140. The summed E-state index contributed by atoms with van der Waals surface area (Å²) in [7, 11) is -3.76. The van der Waals surface area contributed by atoms with E-state index in [9.17, 15) is 26.4 Å². The van der Waals surface area contributed by atoms with Crippen molar-refractivity contribution in [1.82, 2.24) is 19.9 Å². The fraction of sp³-hybridized carbons (Fsp3) is 0.0909. The molecule has 0 aliphatic heterocycles. The number of esters is 1. The van der Waals surface area contributed by atoms with Gasteiger partial charge in [0.15, 0.2) is 15.7 Å². The van der Waals surface area contributed by atoms with E-state index in [2.05, 4.69) is 24.7 Å². The molecule has 0 saturated heterocycles. The van der Waals surface area contributed by atoms with Gasteiger partial charge in [-0.25, -0.2) is 23.2 Å². The van der Waals surface area contributed by atoms with Gasteiger partial charge in [0.25, 0.3) is 0 Å². The van der Waals surface area contributed by atoms with Crippen molar-refractivity contribution in [2.24, 2.45) is 0 Å². The fourth-order valence-corrected chi connectivity index (χ4v) is 3.59. The zero-order valence-electron chi connectivity index (χ0n) is 17.4. The van der Waals surface area contributed by atoms with Crippen molar-refractivity contribution in [3.05, 3.63) is 67.1 Å². The molecular weight excluding hydrogens is 473 g/mol. The van der Waals surface area contributed by atoms with E-state index in [-0.39, 0.29) is 16.0 Å². The molecule has 3 heterocycles. The average Bonchev–Trinajstić information content (AvgIpc) is 3.29. The van der Waals surface area contributed by atoms with Crippen LogP contribution in [-0.4, -0.2) is 46.8 Å². The number of nitrogens with zero attached hydrogens (tertiary/aromatic N) is 3. The van der Waals surface area contributed by atoms with Crippen LogP contribution in [0.15, 0.2) is 72.0 Å². The third kappa shape index (κ3) is 4.96. The molecule has 0 aliphatic rings.